The zero-order valence-corrected chi connectivity index (χ0v) is 17.7. The van der Waals surface area contributed by atoms with Crippen molar-refractivity contribution in [3.05, 3.63) is 65.2 Å². The van der Waals surface area contributed by atoms with Crippen LogP contribution in [0.25, 0.3) is 0 Å². The lowest BCUT2D eigenvalue weighted by Gasteiger charge is -2.25. The second kappa shape index (κ2) is 8.54. The summed E-state index contributed by atoms with van der Waals surface area (Å²) in [5.41, 5.74) is -2.91. The van der Waals surface area contributed by atoms with Crippen LogP contribution >= 0.6 is 0 Å². The number of halogens is 2. The molecule has 32 heavy (non-hydrogen) atoms. The topological polar surface area (TPSA) is 108 Å². The Morgan fingerprint density at radius 3 is 2.47 bits per heavy atom. The van der Waals surface area contributed by atoms with E-state index in [0.29, 0.717) is 17.4 Å². The highest BCUT2D eigenvalue weighted by Crippen LogP contribution is 2.30. The zero-order chi connectivity index (χ0) is 23.7. The van der Waals surface area contributed by atoms with E-state index in [4.69, 9.17) is 4.74 Å². The molecule has 10 heteroatoms. The van der Waals surface area contributed by atoms with Gasteiger partial charge in [-0.25, -0.2) is 13.6 Å². The maximum absolute atomic E-state index is 14.0. The van der Waals surface area contributed by atoms with E-state index in [-0.39, 0.29) is 5.56 Å². The lowest BCUT2D eigenvalue weighted by Crippen LogP contribution is -2.46. The van der Waals surface area contributed by atoms with Crippen LogP contribution in [0.1, 0.15) is 25.0 Å². The Hall–Kier alpha value is -3.53. The molecular formula is C22H23F2N3O5. The molecule has 1 heterocycles. The van der Waals surface area contributed by atoms with Gasteiger partial charge in [0.15, 0.2) is 0 Å². The summed E-state index contributed by atoms with van der Waals surface area (Å²) in [7, 11) is 1.50. The summed E-state index contributed by atoms with van der Waals surface area (Å²) in [4.78, 5) is 38.4. The zero-order valence-electron chi connectivity index (χ0n) is 17.7. The fourth-order valence-corrected chi connectivity index (χ4v) is 3.45. The molecule has 1 fully saturated rings. The number of hydrogen-bond donors (Lipinski definition) is 3. The minimum atomic E-state index is -1.84. The maximum atomic E-state index is 14.0. The van der Waals surface area contributed by atoms with Gasteiger partial charge in [-0.1, -0.05) is 18.2 Å². The minimum absolute atomic E-state index is 0.207. The predicted molar refractivity (Wildman–Crippen MR) is 110 cm³/mol. The Kier molecular flexibility index (Phi) is 6.18. The molecular weight excluding hydrogens is 424 g/mol. The molecule has 0 bridgehead atoms. The van der Waals surface area contributed by atoms with Gasteiger partial charge in [-0.3, -0.25) is 14.5 Å². The van der Waals surface area contributed by atoms with Crippen molar-refractivity contribution in [2.75, 3.05) is 20.2 Å². The largest absolute Gasteiger partial charge is 0.497 e. The fourth-order valence-electron chi connectivity index (χ4n) is 3.45. The van der Waals surface area contributed by atoms with Crippen molar-refractivity contribution in [3.8, 4) is 5.75 Å². The Labute approximate surface area is 183 Å². The molecule has 0 aliphatic carbocycles. The molecule has 1 saturated heterocycles. The molecule has 8 nitrogen and oxygen atoms in total. The summed E-state index contributed by atoms with van der Waals surface area (Å²) >= 11 is 0. The lowest BCUT2D eigenvalue weighted by atomic mass is 9.92. The van der Waals surface area contributed by atoms with E-state index in [1.165, 1.54) is 21.0 Å². The SMILES string of the molecule is COc1ccc([C@]2(C)NC(=O)N(CC(=O)NC[C@](C)(O)c3ccc(F)cc3F)C2=O)cc1. The number of carbonyl (C=O) groups is 3. The summed E-state index contributed by atoms with van der Waals surface area (Å²) in [5, 5.41) is 15.5. The average molecular weight is 447 g/mol. The van der Waals surface area contributed by atoms with Crippen LogP contribution in [-0.4, -0.2) is 48.1 Å². The molecule has 1 aliphatic rings. The molecule has 0 radical (unpaired) electrons. The number of methoxy groups -OCH3 is 1. The van der Waals surface area contributed by atoms with Gasteiger partial charge < -0.3 is 20.5 Å². The first-order valence-electron chi connectivity index (χ1n) is 9.71. The fraction of sp³-hybridized carbons (Fsp3) is 0.318. The molecule has 3 rings (SSSR count). The van der Waals surface area contributed by atoms with Gasteiger partial charge in [-0.15, -0.1) is 0 Å². The number of carbonyl (C=O) groups excluding carboxylic acids is 3. The van der Waals surface area contributed by atoms with E-state index in [1.807, 2.05) is 0 Å². The van der Waals surface area contributed by atoms with Gasteiger partial charge in [-0.2, -0.15) is 0 Å². The number of urea groups is 1. The second-order valence-corrected chi connectivity index (χ2v) is 7.85. The van der Waals surface area contributed by atoms with Crippen LogP contribution in [0.2, 0.25) is 0 Å². The van der Waals surface area contributed by atoms with Crippen LogP contribution in [0, 0.1) is 11.6 Å². The molecule has 2 atom stereocenters. The van der Waals surface area contributed by atoms with Crippen LogP contribution in [0.3, 0.4) is 0 Å². The summed E-state index contributed by atoms with van der Waals surface area (Å²) < 4.78 is 32.2. The highest BCUT2D eigenvalue weighted by atomic mass is 19.1. The molecule has 0 aromatic heterocycles. The quantitative estimate of drug-likeness (QED) is 0.561. The molecule has 170 valence electrons. The van der Waals surface area contributed by atoms with Crippen LogP contribution in [0.4, 0.5) is 13.6 Å². The van der Waals surface area contributed by atoms with Crippen molar-refractivity contribution in [2.45, 2.75) is 25.0 Å². The van der Waals surface area contributed by atoms with E-state index in [0.717, 1.165) is 17.0 Å². The van der Waals surface area contributed by atoms with Crippen molar-refractivity contribution in [3.63, 3.8) is 0 Å². The Morgan fingerprint density at radius 1 is 1.22 bits per heavy atom. The van der Waals surface area contributed by atoms with Crippen LogP contribution in [0.5, 0.6) is 5.75 Å². The average Bonchev–Trinajstić information content (AvgIpc) is 2.96. The number of rotatable bonds is 7. The number of nitrogens with zero attached hydrogens (tertiary/aromatic N) is 1. The third kappa shape index (κ3) is 4.40. The smallest absolute Gasteiger partial charge is 0.325 e. The molecule has 2 aromatic carbocycles. The Balaban J connectivity index is 1.67. The van der Waals surface area contributed by atoms with E-state index >= 15 is 0 Å². The number of benzene rings is 2. The number of imide groups is 1. The first kappa shape index (κ1) is 23.1. The third-order valence-corrected chi connectivity index (χ3v) is 5.39. The normalized spacial score (nSPS) is 20.0. The Bertz CT molecular complexity index is 1060. The van der Waals surface area contributed by atoms with Gasteiger partial charge in [0.1, 0.15) is 35.1 Å². The van der Waals surface area contributed by atoms with Crippen molar-refractivity contribution in [1.82, 2.24) is 15.5 Å². The summed E-state index contributed by atoms with van der Waals surface area (Å²) in [6, 6.07) is 8.50. The van der Waals surface area contributed by atoms with Crippen LogP contribution in [0.15, 0.2) is 42.5 Å². The third-order valence-electron chi connectivity index (χ3n) is 5.39. The summed E-state index contributed by atoms with van der Waals surface area (Å²) in [5.74, 6) is -2.55. The van der Waals surface area contributed by atoms with Gasteiger partial charge in [-0.05, 0) is 37.6 Å². The van der Waals surface area contributed by atoms with E-state index in [1.54, 1.807) is 24.3 Å². The summed E-state index contributed by atoms with van der Waals surface area (Å²) in [6.45, 7) is 1.75. The number of nitrogens with one attached hydrogen (secondary N) is 2. The lowest BCUT2D eigenvalue weighted by molar-refractivity contribution is -0.135. The van der Waals surface area contributed by atoms with Crippen molar-refractivity contribution in [2.24, 2.45) is 0 Å². The van der Waals surface area contributed by atoms with Gasteiger partial charge >= 0.3 is 6.03 Å². The second-order valence-electron chi connectivity index (χ2n) is 7.85. The molecule has 0 unspecified atom stereocenters. The standard InChI is InChI=1S/C22H23F2N3O5/c1-21(31,16-9-6-14(23)10-17(16)24)12-25-18(28)11-27-19(29)22(2,26-20(27)30)13-4-7-15(32-3)8-5-13/h4-10,31H,11-12H2,1-3H3,(H,25,28)(H,26,30)/t21-,22-/m0/s1. The molecule has 1 aliphatic heterocycles. The number of ether oxygens (including phenoxy) is 1. The molecule has 0 spiro atoms. The van der Waals surface area contributed by atoms with Gasteiger partial charge in [0, 0.05) is 11.6 Å². The Morgan fingerprint density at radius 2 is 1.88 bits per heavy atom. The van der Waals surface area contributed by atoms with E-state index in [2.05, 4.69) is 10.6 Å². The van der Waals surface area contributed by atoms with Crippen molar-refractivity contribution in [1.29, 1.82) is 0 Å². The number of hydrogen-bond acceptors (Lipinski definition) is 5. The molecule has 0 saturated carbocycles. The van der Waals surface area contributed by atoms with E-state index < -0.39 is 53.7 Å². The van der Waals surface area contributed by atoms with E-state index in [9.17, 15) is 28.3 Å². The minimum Gasteiger partial charge on any atom is -0.497 e. The molecule has 2 aromatic rings. The van der Waals surface area contributed by atoms with Gasteiger partial charge in [0.2, 0.25) is 5.91 Å². The summed E-state index contributed by atoms with van der Waals surface area (Å²) in [6.07, 6.45) is 0. The number of amides is 4. The first-order chi connectivity index (χ1) is 15.0. The highest BCUT2D eigenvalue weighted by Gasteiger charge is 2.49. The predicted octanol–water partition coefficient (Wildman–Crippen LogP) is 1.76. The van der Waals surface area contributed by atoms with Crippen molar-refractivity contribution >= 4 is 17.8 Å². The monoisotopic (exact) mass is 447 g/mol. The number of aliphatic hydroxyl groups is 1. The van der Waals surface area contributed by atoms with Crippen LogP contribution in [-0.2, 0) is 20.7 Å². The maximum Gasteiger partial charge on any atom is 0.325 e. The van der Waals surface area contributed by atoms with Gasteiger partial charge in [0.25, 0.3) is 5.91 Å². The molecule has 4 amide bonds. The van der Waals surface area contributed by atoms with Crippen molar-refractivity contribution < 1.29 is 33.0 Å². The first-order valence-corrected chi connectivity index (χ1v) is 9.71. The molecule has 3 N–H and O–H groups in total. The van der Waals surface area contributed by atoms with Crippen LogP contribution < -0.4 is 15.4 Å². The van der Waals surface area contributed by atoms with Gasteiger partial charge in [0.05, 0.1) is 13.7 Å². The highest BCUT2D eigenvalue weighted by molar-refractivity contribution is 6.09.